The summed E-state index contributed by atoms with van der Waals surface area (Å²) in [6.45, 7) is 3.59. The van der Waals surface area contributed by atoms with Crippen molar-refractivity contribution in [2.45, 2.75) is 25.9 Å². The molecular weight excluding hydrogens is 212 g/mol. The van der Waals surface area contributed by atoms with Gasteiger partial charge in [0.15, 0.2) is 0 Å². The van der Waals surface area contributed by atoms with Crippen molar-refractivity contribution in [1.29, 1.82) is 0 Å². The van der Waals surface area contributed by atoms with Crippen molar-refractivity contribution in [3.05, 3.63) is 16.6 Å². The summed E-state index contributed by atoms with van der Waals surface area (Å²) >= 11 is 1.58. The maximum Gasteiger partial charge on any atom is 0.321 e. The molecular formula is C10H14N2O2S. The maximum absolute atomic E-state index is 11.1. The highest BCUT2D eigenvalue weighted by molar-refractivity contribution is 7.09. The van der Waals surface area contributed by atoms with E-state index >= 15 is 0 Å². The molecule has 0 aromatic carbocycles. The van der Waals surface area contributed by atoms with Crippen LogP contribution >= 0.6 is 11.3 Å². The van der Waals surface area contributed by atoms with Gasteiger partial charge in [-0.3, -0.25) is 14.7 Å². The van der Waals surface area contributed by atoms with E-state index in [-0.39, 0.29) is 12.0 Å². The van der Waals surface area contributed by atoms with Gasteiger partial charge in [0.1, 0.15) is 6.04 Å². The molecule has 2 rings (SSSR count). The molecule has 1 aliphatic rings. The van der Waals surface area contributed by atoms with Crippen LogP contribution in [-0.2, 0) is 11.3 Å². The lowest BCUT2D eigenvalue weighted by Gasteiger charge is -2.21. The second-order valence-corrected chi connectivity index (χ2v) is 4.96. The number of thiazole rings is 1. The number of carbonyl (C=O) groups is 1. The second-order valence-electron chi connectivity index (χ2n) is 3.99. The molecule has 1 saturated heterocycles. The highest BCUT2D eigenvalue weighted by Gasteiger charge is 2.36. The summed E-state index contributed by atoms with van der Waals surface area (Å²) in [6.07, 6.45) is 2.78. The summed E-state index contributed by atoms with van der Waals surface area (Å²) in [5, 5.41) is 9.13. The minimum atomic E-state index is -0.704. The van der Waals surface area contributed by atoms with Crippen LogP contribution < -0.4 is 0 Å². The van der Waals surface area contributed by atoms with E-state index in [9.17, 15) is 4.79 Å². The molecule has 1 fully saturated rings. The summed E-state index contributed by atoms with van der Waals surface area (Å²) in [5.74, 6) is -0.458. The number of likely N-dealkylation sites (tertiary alicyclic amines) is 1. The van der Waals surface area contributed by atoms with Gasteiger partial charge in [0, 0.05) is 17.6 Å². The Hall–Kier alpha value is -0.940. The van der Waals surface area contributed by atoms with E-state index in [0.29, 0.717) is 6.54 Å². The van der Waals surface area contributed by atoms with Gasteiger partial charge >= 0.3 is 5.97 Å². The maximum atomic E-state index is 11.1. The Kier molecular flexibility index (Phi) is 3.02. The predicted molar refractivity (Wildman–Crippen MR) is 57.7 cm³/mol. The zero-order valence-electron chi connectivity index (χ0n) is 8.59. The standard InChI is InChI=1S/C10H14N2O2S/c1-7-2-3-12(9(7)10(13)14)5-8-4-11-6-15-8/h4,6-7,9H,2-3,5H2,1H3,(H,13,14). The van der Waals surface area contributed by atoms with Crippen LogP contribution in [0, 0.1) is 5.92 Å². The largest absolute Gasteiger partial charge is 0.480 e. The fourth-order valence-electron chi connectivity index (χ4n) is 2.12. The smallest absolute Gasteiger partial charge is 0.321 e. The van der Waals surface area contributed by atoms with Crippen molar-refractivity contribution >= 4 is 17.3 Å². The normalized spacial score (nSPS) is 27.0. The molecule has 0 aliphatic carbocycles. The molecule has 82 valence electrons. The number of nitrogens with zero attached hydrogens (tertiary/aromatic N) is 2. The van der Waals surface area contributed by atoms with E-state index in [4.69, 9.17) is 5.11 Å². The first kappa shape index (κ1) is 10.6. The molecule has 2 unspecified atom stereocenters. The van der Waals surface area contributed by atoms with Gasteiger partial charge in [0.05, 0.1) is 5.51 Å². The summed E-state index contributed by atoms with van der Waals surface area (Å²) in [5.41, 5.74) is 1.78. The molecule has 2 heterocycles. The Labute approximate surface area is 92.6 Å². The van der Waals surface area contributed by atoms with Gasteiger partial charge in [0.25, 0.3) is 0 Å². The van der Waals surface area contributed by atoms with E-state index in [0.717, 1.165) is 17.8 Å². The van der Waals surface area contributed by atoms with Crippen LogP contribution in [0.15, 0.2) is 11.7 Å². The van der Waals surface area contributed by atoms with Crippen molar-refractivity contribution < 1.29 is 9.90 Å². The first-order valence-corrected chi connectivity index (χ1v) is 5.90. The SMILES string of the molecule is CC1CCN(Cc2cncs2)C1C(=O)O. The third-order valence-electron chi connectivity index (χ3n) is 2.90. The number of carboxylic acid groups (broad SMARTS) is 1. The van der Waals surface area contributed by atoms with Crippen LogP contribution in [0.1, 0.15) is 18.2 Å². The van der Waals surface area contributed by atoms with Crippen molar-refractivity contribution in [3.8, 4) is 0 Å². The third-order valence-corrected chi connectivity index (χ3v) is 3.66. The monoisotopic (exact) mass is 226 g/mol. The lowest BCUT2D eigenvalue weighted by molar-refractivity contribution is -0.143. The Balaban J connectivity index is 2.06. The molecule has 2 atom stereocenters. The quantitative estimate of drug-likeness (QED) is 0.847. The van der Waals surface area contributed by atoms with E-state index < -0.39 is 5.97 Å². The number of rotatable bonds is 3. The summed E-state index contributed by atoms with van der Waals surface area (Å²) in [7, 11) is 0. The van der Waals surface area contributed by atoms with Crippen molar-refractivity contribution in [1.82, 2.24) is 9.88 Å². The highest BCUT2D eigenvalue weighted by Crippen LogP contribution is 2.26. The Morgan fingerprint density at radius 1 is 1.80 bits per heavy atom. The molecule has 4 nitrogen and oxygen atoms in total. The molecule has 5 heteroatoms. The van der Waals surface area contributed by atoms with Gasteiger partial charge in [-0.2, -0.15) is 0 Å². The van der Waals surface area contributed by atoms with Gasteiger partial charge in [-0.05, 0) is 18.9 Å². The van der Waals surface area contributed by atoms with E-state index in [2.05, 4.69) is 4.98 Å². The molecule has 0 radical (unpaired) electrons. The van der Waals surface area contributed by atoms with Crippen molar-refractivity contribution in [2.75, 3.05) is 6.54 Å². The number of carboxylic acids is 1. The molecule has 0 saturated carbocycles. The van der Waals surface area contributed by atoms with E-state index in [1.54, 1.807) is 16.8 Å². The van der Waals surface area contributed by atoms with Crippen LogP contribution in [0.5, 0.6) is 0 Å². The van der Waals surface area contributed by atoms with E-state index in [1.807, 2.05) is 18.0 Å². The zero-order valence-corrected chi connectivity index (χ0v) is 9.41. The third kappa shape index (κ3) is 2.18. The number of hydrogen-bond donors (Lipinski definition) is 1. The average molecular weight is 226 g/mol. The Morgan fingerprint density at radius 3 is 3.20 bits per heavy atom. The topological polar surface area (TPSA) is 53.4 Å². The molecule has 0 amide bonds. The fraction of sp³-hybridized carbons (Fsp3) is 0.600. The van der Waals surface area contributed by atoms with Crippen molar-refractivity contribution in [2.24, 2.45) is 5.92 Å². The van der Waals surface area contributed by atoms with Crippen LogP contribution in [0.4, 0.5) is 0 Å². The summed E-state index contributed by atoms with van der Waals surface area (Å²) in [4.78, 5) is 18.3. The van der Waals surface area contributed by atoms with Crippen LogP contribution in [0.2, 0.25) is 0 Å². The highest BCUT2D eigenvalue weighted by atomic mass is 32.1. The molecule has 1 aromatic heterocycles. The average Bonchev–Trinajstić information content (AvgIpc) is 2.76. The lowest BCUT2D eigenvalue weighted by Crippen LogP contribution is -2.38. The molecule has 1 aliphatic heterocycles. The van der Waals surface area contributed by atoms with Crippen LogP contribution in [-0.4, -0.2) is 33.5 Å². The minimum absolute atomic E-state index is 0.246. The lowest BCUT2D eigenvalue weighted by atomic mass is 10.0. The molecule has 0 spiro atoms. The Bertz CT molecular complexity index is 339. The first-order valence-electron chi connectivity index (χ1n) is 5.02. The summed E-state index contributed by atoms with van der Waals surface area (Å²) < 4.78 is 0. The number of aliphatic carboxylic acids is 1. The van der Waals surface area contributed by atoms with Gasteiger partial charge in [0.2, 0.25) is 0 Å². The number of aromatic nitrogens is 1. The van der Waals surface area contributed by atoms with Gasteiger partial charge < -0.3 is 5.11 Å². The molecule has 1 N–H and O–H groups in total. The number of hydrogen-bond acceptors (Lipinski definition) is 4. The fourth-order valence-corrected chi connectivity index (χ4v) is 2.74. The van der Waals surface area contributed by atoms with Crippen LogP contribution in [0.25, 0.3) is 0 Å². The van der Waals surface area contributed by atoms with Crippen molar-refractivity contribution in [3.63, 3.8) is 0 Å². The van der Waals surface area contributed by atoms with Gasteiger partial charge in [-0.15, -0.1) is 11.3 Å². The minimum Gasteiger partial charge on any atom is -0.480 e. The summed E-state index contributed by atoms with van der Waals surface area (Å²) in [6, 6.07) is -0.327. The van der Waals surface area contributed by atoms with Gasteiger partial charge in [-0.25, -0.2) is 0 Å². The second kappa shape index (κ2) is 4.28. The molecule has 0 bridgehead atoms. The molecule has 1 aromatic rings. The Morgan fingerprint density at radius 2 is 2.60 bits per heavy atom. The predicted octanol–water partition coefficient (Wildman–Crippen LogP) is 1.44. The van der Waals surface area contributed by atoms with Gasteiger partial charge in [-0.1, -0.05) is 6.92 Å². The zero-order chi connectivity index (χ0) is 10.8. The van der Waals surface area contributed by atoms with Crippen LogP contribution in [0.3, 0.4) is 0 Å². The molecule has 15 heavy (non-hydrogen) atoms. The first-order chi connectivity index (χ1) is 7.18. The van der Waals surface area contributed by atoms with E-state index in [1.165, 1.54) is 0 Å².